The molecule has 1 saturated heterocycles. The van der Waals surface area contributed by atoms with Crippen LogP contribution in [0.25, 0.3) is 5.69 Å². The molecule has 5 rings (SSSR count). The minimum Gasteiger partial charge on any atom is -0.497 e. The van der Waals surface area contributed by atoms with E-state index in [1.54, 1.807) is 44.4 Å². The second kappa shape index (κ2) is 8.19. The topological polar surface area (TPSA) is 99.1 Å². The number of nitrogens with one attached hydrogen (secondary N) is 1. The zero-order valence-corrected chi connectivity index (χ0v) is 19.9. The molecule has 1 atom stereocenters. The number of carbonyl (C=O) groups is 3. The number of hydrogen-bond acceptors (Lipinski definition) is 6. The number of hydrogen-bond donors (Lipinski definition) is 1. The van der Waals surface area contributed by atoms with E-state index in [4.69, 9.17) is 14.2 Å². The van der Waals surface area contributed by atoms with E-state index in [2.05, 4.69) is 5.32 Å². The molecule has 0 aliphatic carbocycles. The number of aromatic nitrogens is 1. The lowest BCUT2D eigenvalue weighted by atomic mass is 9.92. The maximum atomic E-state index is 13.3. The lowest BCUT2D eigenvalue weighted by molar-refractivity contribution is -0.130. The van der Waals surface area contributed by atoms with Crippen molar-refractivity contribution >= 4 is 17.7 Å². The molecule has 1 fully saturated rings. The van der Waals surface area contributed by atoms with Gasteiger partial charge >= 0.3 is 6.03 Å². The number of aryl methyl sites for hydroxylation is 1. The summed E-state index contributed by atoms with van der Waals surface area (Å²) in [6.07, 6.45) is 0. The molecule has 35 heavy (non-hydrogen) atoms. The maximum absolute atomic E-state index is 13.3. The van der Waals surface area contributed by atoms with E-state index in [0.29, 0.717) is 34.1 Å². The summed E-state index contributed by atoms with van der Waals surface area (Å²) >= 11 is 0. The molecule has 3 aromatic rings. The quantitative estimate of drug-likeness (QED) is 0.433. The van der Waals surface area contributed by atoms with Crippen molar-refractivity contribution in [1.29, 1.82) is 0 Å². The van der Waals surface area contributed by atoms with Gasteiger partial charge in [0.1, 0.15) is 11.3 Å². The fraction of sp³-hybridized carbons (Fsp3) is 0.269. The van der Waals surface area contributed by atoms with Gasteiger partial charge in [-0.3, -0.25) is 14.5 Å². The van der Waals surface area contributed by atoms with Gasteiger partial charge in [0.25, 0.3) is 5.91 Å². The SMILES string of the molecule is COc1ccc(C2(C)NC(=O)N(CC(=O)c3cc(C)n(-c4ccc5c(c4)OCO5)c3C)C2=O)cc1. The van der Waals surface area contributed by atoms with Gasteiger partial charge in [-0.05, 0) is 56.7 Å². The molecule has 1 unspecified atom stereocenters. The fourth-order valence-corrected chi connectivity index (χ4v) is 4.66. The van der Waals surface area contributed by atoms with Crippen molar-refractivity contribution in [2.45, 2.75) is 26.3 Å². The Balaban J connectivity index is 1.39. The summed E-state index contributed by atoms with van der Waals surface area (Å²) in [4.78, 5) is 40.3. The minimum atomic E-state index is -1.27. The smallest absolute Gasteiger partial charge is 0.325 e. The summed E-state index contributed by atoms with van der Waals surface area (Å²) in [6.45, 7) is 5.17. The molecule has 180 valence electrons. The highest BCUT2D eigenvalue weighted by molar-refractivity contribution is 6.11. The molecule has 1 N–H and O–H groups in total. The van der Waals surface area contributed by atoms with Gasteiger partial charge in [0.05, 0.1) is 13.7 Å². The van der Waals surface area contributed by atoms with Crippen molar-refractivity contribution in [2.75, 3.05) is 20.4 Å². The zero-order valence-electron chi connectivity index (χ0n) is 19.9. The summed E-state index contributed by atoms with van der Waals surface area (Å²) in [6, 6.07) is 13.6. The number of amides is 3. The Labute approximate surface area is 202 Å². The molecular formula is C26H25N3O6. The Kier molecular flexibility index (Phi) is 5.27. The number of carbonyl (C=O) groups excluding carboxylic acids is 3. The number of urea groups is 1. The average molecular weight is 476 g/mol. The van der Waals surface area contributed by atoms with Crippen molar-refractivity contribution in [3.8, 4) is 22.9 Å². The van der Waals surface area contributed by atoms with E-state index >= 15 is 0 Å². The molecule has 0 bridgehead atoms. The first-order valence-corrected chi connectivity index (χ1v) is 11.1. The molecular weight excluding hydrogens is 450 g/mol. The third-order valence-electron chi connectivity index (χ3n) is 6.59. The van der Waals surface area contributed by atoms with Crippen LogP contribution in [0.2, 0.25) is 0 Å². The Morgan fingerprint density at radius 2 is 1.77 bits per heavy atom. The number of ether oxygens (including phenoxy) is 3. The molecule has 0 saturated carbocycles. The number of Topliss-reactive ketones (excluding diaryl/α,β-unsaturated/α-hetero) is 1. The van der Waals surface area contributed by atoms with E-state index in [0.717, 1.165) is 16.3 Å². The van der Waals surface area contributed by atoms with Crippen LogP contribution < -0.4 is 19.5 Å². The number of imide groups is 1. The summed E-state index contributed by atoms with van der Waals surface area (Å²) in [5, 5.41) is 2.74. The first kappa shape index (κ1) is 22.5. The Hall–Kier alpha value is -4.27. The highest BCUT2D eigenvalue weighted by Crippen LogP contribution is 2.35. The molecule has 3 amide bonds. The van der Waals surface area contributed by atoms with E-state index < -0.39 is 17.5 Å². The summed E-state index contributed by atoms with van der Waals surface area (Å²) in [7, 11) is 1.55. The minimum absolute atomic E-state index is 0.174. The first-order valence-electron chi connectivity index (χ1n) is 11.1. The van der Waals surface area contributed by atoms with Crippen molar-refractivity contribution in [3.63, 3.8) is 0 Å². The summed E-state index contributed by atoms with van der Waals surface area (Å²) < 4.78 is 18.0. The van der Waals surface area contributed by atoms with Crippen LogP contribution in [0, 0.1) is 13.8 Å². The van der Waals surface area contributed by atoms with Crippen molar-refractivity contribution in [2.24, 2.45) is 0 Å². The van der Waals surface area contributed by atoms with E-state index in [1.165, 1.54) is 0 Å². The largest absolute Gasteiger partial charge is 0.497 e. The number of fused-ring (bicyclic) bond motifs is 1. The Morgan fingerprint density at radius 1 is 1.06 bits per heavy atom. The van der Waals surface area contributed by atoms with Crippen LogP contribution in [-0.4, -0.2) is 47.6 Å². The number of nitrogens with zero attached hydrogens (tertiary/aromatic N) is 2. The number of rotatable bonds is 6. The van der Waals surface area contributed by atoms with E-state index in [-0.39, 0.29) is 19.1 Å². The maximum Gasteiger partial charge on any atom is 0.325 e. The number of methoxy groups -OCH3 is 1. The highest BCUT2D eigenvalue weighted by Gasteiger charge is 2.49. The predicted octanol–water partition coefficient (Wildman–Crippen LogP) is 3.48. The van der Waals surface area contributed by atoms with Crippen LogP contribution in [0.3, 0.4) is 0 Å². The van der Waals surface area contributed by atoms with Crippen LogP contribution in [0.1, 0.15) is 34.2 Å². The molecule has 0 radical (unpaired) electrons. The molecule has 2 aromatic carbocycles. The van der Waals surface area contributed by atoms with E-state index in [1.807, 2.05) is 36.6 Å². The summed E-state index contributed by atoms with van der Waals surface area (Å²) in [5.41, 5.74) is 2.14. The third kappa shape index (κ3) is 3.60. The second-order valence-corrected chi connectivity index (χ2v) is 8.76. The molecule has 0 spiro atoms. The van der Waals surface area contributed by atoms with Gasteiger partial charge < -0.3 is 24.1 Å². The molecule has 1 aromatic heterocycles. The summed E-state index contributed by atoms with van der Waals surface area (Å²) in [5.74, 6) is 1.14. The van der Waals surface area contributed by atoms with Gasteiger partial charge in [-0.25, -0.2) is 4.79 Å². The van der Waals surface area contributed by atoms with Gasteiger partial charge in [0.2, 0.25) is 6.79 Å². The Bertz CT molecular complexity index is 1360. The van der Waals surface area contributed by atoms with Gasteiger partial charge in [-0.15, -0.1) is 0 Å². The van der Waals surface area contributed by atoms with Gasteiger partial charge in [-0.2, -0.15) is 0 Å². The second-order valence-electron chi connectivity index (χ2n) is 8.76. The molecule has 2 aliphatic heterocycles. The van der Waals surface area contributed by atoms with Crippen LogP contribution in [0.15, 0.2) is 48.5 Å². The predicted molar refractivity (Wildman–Crippen MR) is 126 cm³/mol. The van der Waals surface area contributed by atoms with Gasteiger partial charge in [0.15, 0.2) is 17.3 Å². The van der Waals surface area contributed by atoms with Gasteiger partial charge in [0, 0.05) is 28.7 Å². The van der Waals surface area contributed by atoms with Crippen molar-refractivity contribution < 1.29 is 28.6 Å². The normalized spacial score (nSPS) is 18.7. The fourth-order valence-electron chi connectivity index (χ4n) is 4.66. The third-order valence-corrected chi connectivity index (χ3v) is 6.59. The van der Waals surface area contributed by atoms with Crippen molar-refractivity contribution in [3.05, 3.63) is 71.0 Å². The van der Waals surface area contributed by atoms with Crippen LogP contribution in [0.4, 0.5) is 4.79 Å². The highest BCUT2D eigenvalue weighted by atomic mass is 16.7. The lowest BCUT2D eigenvalue weighted by Crippen LogP contribution is -2.41. The van der Waals surface area contributed by atoms with E-state index in [9.17, 15) is 14.4 Å². The van der Waals surface area contributed by atoms with Gasteiger partial charge in [-0.1, -0.05) is 12.1 Å². The Morgan fingerprint density at radius 3 is 2.49 bits per heavy atom. The molecule has 3 heterocycles. The van der Waals surface area contributed by atoms with Crippen LogP contribution in [-0.2, 0) is 10.3 Å². The standard InChI is InChI=1S/C26H25N3O6/c1-15-11-20(16(2)29(15)18-7-10-22-23(12-18)35-14-34-22)21(30)13-28-24(31)26(3,27-25(28)32)17-5-8-19(33-4)9-6-17/h5-12H,13-14H2,1-4H3,(H,27,32). The molecule has 2 aliphatic rings. The molecule has 9 nitrogen and oxygen atoms in total. The monoisotopic (exact) mass is 475 g/mol. The average Bonchev–Trinajstić information content (AvgIpc) is 3.50. The number of ketones is 1. The molecule has 9 heteroatoms. The lowest BCUT2D eigenvalue weighted by Gasteiger charge is -2.22. The zero-order chi connectivity index (χ0) is 24.9. The van der Waals surface area contributed by atoms with Crippen molar-refractivity contribution in [1.82, 2.24) is 14.8 Å². The van der Waals surface area contributed by atoms with Crippen LogP contribution >= 0.6 is 0 Å². The number of benzene rings is 2. The first-order chi connectivity index (χ1) is 16.7. The van der Waals surface area contributed by atoms with Crippen LogP contribution in [0.5, 0.6) is 17.2 Å².